The van der Waals surface area contributed by atoms with E-state index in [1.165, 1.54) is 12.1 Å². The molecule has 5 heteroatoms. The van der Waals surface area contributed by atoms with Crippen LogP contribution in [-0.4, -0.2) is 29.3 Å². The number of amides is 2. The number of carbonyl (C=O) groups is 2. The number of nitrogens with one attached hydrogen (secondary N) is 1. The Morgan fingerprint density at radius 3 is 2.06 bits per heavy atom. The Labute approximate surface area is 201 Å². The number of unbranched alkanes of at least 4 members (excludes halogenated alkanes) is 2. The van der Waals surface area contributed by atoms with Gasteiger partial charge in [0.15, 0.2) is 0 Å². The third kappa shape index (κ3) is 7.84. The summed E-state index contributed by atoms with van der Waals surface area (Å²) in [6.45, 7) is 2.92. The average Bonchev–Trinajstić information content (AvgIpc) is 2.86. The first-order valence-corrected chi connectivity index (χ1v) is 12.0. The lowest BCUT2D eigenvalue weighted by Gasteiger charge is -2.31. The van der Waals surface area contributed by atoms with Gasteiger partial charge in [-0.3, -0.25) is 9.59 Å². The van der Waals surface area contributed by atoms with Crippen LogP contribution in [0.5, 0.6) is 0 Å². The summed E-state index contributed by atoms with van der Waals surface area (Å²) in [7, 11) is 0. The van der Waals surface area contributed by atoms with E-state index in [4.69, 9.17) is 0 Å². The first-order chi connectivity index (χ1) is 16.6. The number of carbonyl (C=O) groups excluding carboxylic acids is 2. The number of nitrogens with zero attached hydrogens (tertiary/aromatic N) is 1. The Kier molecular flexibility index (Phi) is 9.83. The van der Waals surface area contributed by atoms with Gasteiger partial charge in [0.25, 0.3) is 0 Å². The van der Waals surface area contributed by atoms with E-state index in [1.807, 2.05) is 60.7 Å². The van der Waals surface area contributed by atoms with Crippen LogP contribution in [0.1, 0.15) is 42.9 Å². The number of hydrogen-bond donors (Lipinski definition) is 1. The van der Waals surface area contributed by atoms with Crippen LogP contribution in [0.4, 0.5) is 4.39 Å². The molecular weight excluding hydrogens is 427 g/mol. The summed E-state index contributed by atoms with van der Waals surface area (Å²) >= 11 is 0. The molecule has 1 N–H and O–H groups in total. The van der Waals surface area contributed by atoms with Gasteiger partial charge in [-0.25, -0.2) is 4.39 Å². The van der Waals surface area contributed by atoms with Crippen LogP contribution in [0, 0.1) is 5.82 Å². The van der Waals surface area contributed by atoms with Gasteiger partial charge < -0.3 is 10.2 Å². The average molecular weight is 461 g/mol. The van der Waals surface area contributed by atoms with Crippen molar-refractivity contribution >= 4 is 11.8 Å². The maximum absolute atomic E-state index is 13.6. The minimum Gasteiger partial charge on any atom is -0.354 e. The molecule has 178 valence electrons. The van der Waals surface area contributed by atoms with Gasteiger partial charge in [-0.05, 0) is 35.2 Å². The fourth-order valence-corrected chi connectivity index (χ4v) is 3.92. The Balaban J connectivity index is 1.89. The van der Waals surface area contributed by atoms with E-state index in [0.29, 0.717) is 13.0 Å². The summed E-state index contributed by atoms with van der Waals surface area (Å²) in [4.78, 5) is 28.6. The third-order valence-electron chi connectivity index (χ3n) is 5.82. The molecule has 3 aromatic rings. The molecule has 3 rings (SSSR count). The lowest BCUT2D eigenvalue weighted by Crippen LogP contribution is -2.51. The predicted octanol–water partition coefficient (Wildman–Crippen LogP) is 5.31. The number of rotatable bonds is 12. The fourth-order valence-electron chi connectivity index (χ4n) is 3.92. The van der Waals surface area contributed by atoms with Crippen molar-refractivity contribution in [1.82, 2.24) is 10.2 Å². The first kappa shape index (κ1) is 25.2. The second kappa shape index (κ2) is 13.3. The fraction of sp³-hybridized carbons (Fsp3) is 0.310. The van der Waals surface area contributed by atoms with Crippen molar-refractivity contribution in [1.29, 1.82) is 0 Å². The zero-order chi connectivity index (χ0) is 24.2. The molecule has 0 bridgehead atoms. The van der Waals surface area contributed by atoms with Crippen molar-refractivity contribution in [2.24, 2.45) is 0 Å². The summed E-state index contributed by atoms with van der Waals surface area (Å²) in [5, 5.41) is 3.04. The molecule has 1 atom stereocenters. The van der Waals surface area contributed by atoms with E-state index >= 15 is 0 Å². The maximum atomic E-state index is 13.6. The van der Waals surface area contributed by atoms with Crippen LogP contribution < -0.4 is 5.32 Å². The standard InChI is InChI=1S/C29H33FN2O2/c1-2-3-10-19-31-29(34)27(20-23-11-6-4-7-12-23)32(22-25-15-17-26(30)18-16-25)28(33)21-24-13-8-5-9-14-24/h4-9,11-18,27H,2-3,10,19-22H2,1H3,(H,31,34)/t27-/m0/s1. The van der Waals surface area contributed by atoms with Crippen LogP contribution in [0.3, 0.4) is 0 Å². The highest BCUT2D eigenvalue weighted by Crippen LogP contribution is 2.17. The van der Waals surface area contributed by atoms with Crippen molar-refractivity contribution in [2.45, 2.75) is 51.6 Å². The van der Waals surface area contributed by atoms with Crippen LogP contribution in [0.25, 0.3) is 0 Å². The lowest BCUT2D eigenvalue weighted by atomic mass is 10.0. The van der Waals surface area contributed by atoms with Gasteiger partial charge in [0.2, 0.25) is 11.8 Å². The molecular formula is C29H33FN2O2. The number of benzene rings is 3. The van der Waals surface area contributed by atoms with Crippen molar-refractivity contribution in [3.8, 4) is 0 Å². The van der Waals surface area contributed by atoms with E-state index in [-0.39, 0.29) is 30.6 Å². The molecule has 34 heavy (non-hydrogen) atoms. The topological polar surface area (TPSA) is 49.4 Å². The molecule has 0 saturated carbocycles. The summed E-state index contributed by atoms with van der Waals surface area (Å²) in [5.41, 5.74) is 2.64. The van der Waals surface area contributed by atoms with Crippen LogP contribution in [0.15, 0.2) is 84.9 Å². The van der Waals surface area contributed by atoms with E-state index in [2.05, 4.69) is 12.2 Å². The van der Waals surface area contributed by atoms with Gasteiger partial charge in [-0.1, -0.05) is 92.6 Å². The molecule has 0 aliphatic carbocycles. The van der Waals surface area contributed by atoms with Crippen molar-refractivity contribution < 1.29 is 14.0 Å². The zero-order valence-electron chi connectivity index (χ0n) is 19.8. The smallest absolute Gasteiger partial charge is 0.243 e. The molecule has 0 unspecified atom stereocenters. The Hall–Kier alpha value is -3.47. The Bertz CT molecular complexity index is 1020. The van der Waals surface area contributed by atoms with Crippen molar-refractivity contribution in [2.75, 3.05) is 6.54 Å². The molecule has 0 aromatic heterocycles. The van der Waals surface area contributed by atoms with Crippen molar-refractivity contribution in [3.05, 3.63) is 107 Å². The van der Waals surface area contributed by atoms with Crippen LogP contribution >= 0.6 is 0 Å². The highest BCUT2D eigenvalue weighted by atomic mass is 19.1. The lowest BCUT2D eigenvalue weighted by molar-refractivity contribution is -0.140. The highest BCUT2D eigenvalue weighted by molar-refractivity contribution is 5.88. The van der Waals surface area contributed by atoms with Gasteiger partial charge in [-0.15, -0.1) is 0 Å². The van der Waals surface area contributed by atoms with E-state index in [1.54, 1.807) is 17.0 Å². The number of halogens is 1. The number of hydrogen-bond acceptors (Lipinski definition) is 2. The third-order valence-corrected chi connectivity index (χ3v) is 5.82. The van der Waals surface area contributed by atoms with Gasteiger partial charge in [-0.2, -0.15) is 0 Å². The second-order valence-electron chi connectivity index (χ2n) is 8.51. The van der Waals surface area contributed by atoms with Crippen LogP contribution in [0.2, 0.25) is 0 Å². The largest absolute Gasteiger partial charge is 0.354 e. The molecule has 0 heterocycles. The molecule has 0 fully saturated rings. The molecule has 2 amide bonds. The second-order valence-corrected chi connectivity index (χ2v) is 8.51. The van der Waals surface area contributed by atoms with Gasteiger partial charge in [0.1, 0.15) is 11.9 Å². The molecule has 0 aliphatic heterocycles. The minimum absolute atomic E-state index is 0.139. The molecule has 0 aliphatic rings. The maximum Gasteiger partial charge on any atom is 0.243 e. The molecule has 0 radical (unpaired) electrons. The summed E-state index contributed by atoms with van der Waals surface area (Å²) in [6.07, 6.45) is 3.60. The zero-order valence-corrected chi connectivity index (χ0v) is 19.8. The summed E-state index contributed by atoms with van der Waals surface area (Å²) < 4.78 is 13.5. The quantitative estimate of drug-likeness (QED) is 0.372. The predicted molar refractivity (Wildman–Crippen MR) is 134 cm³/mol. The normalized spacial score (nSPS) is 11.6. The Morgan fingerprint density at radius 2 is 1.44 bits per heavy atom. The minimum atomic E-state index is -0.676. The van der Waals surface area contributed by atoms with Gasteiger partial charge in [0.05, 0.1) is 6.42 Å². The van der Waals surface area contributed by atoms with Crippen LogP contribution in [-0.2, 0) is 29.0 Å². The van der Waals surface area contributed by atoms with Gasteiger partial charge >= 0.3 is 0 Å². The highest BCUT2D eigenvalue weighted by Gasteiger charge is 2.30. The molecule has 4 nitrogen and oxygen atoms in total. The summed E-state index contributed by atoms with van der Waals surface area (Å²) in [6, 6.07) is 24.7. The summed E-state index contributed by atoms with van der Waals surface area (Å²) in [5.74, 6) is -0.635. The molecule has 3 aromatic carbocycles. The molecule has 0 saturated heterocycles. The first-order valence-electron chi connectivity index (χ1n) is 12.0. The van der Waals surface area contributed by atoms with Crippen molar-refractivity contribution in [3.63, 3.8) is 0 Å². The van der Waals surface area contributed by atoms with E-state index in [9.17, 15) is 14.0 Å². The van der Waals surface area contributed by atoms with E-state index in [0.717, 1.165) is 36.0 Å². The van der Waals surface area contributed by atoms with E-state index < -0.39 is 6.04 Å². The monoisotopic (exact) mass is 460 g/mol. The Morgan fingerprint density at radius 1 is 0.824 bits per heavy atom. The SMILES string of the molecule is CCCCCNC(=O)[C@H](Cc1ccccc1)N(Cc1ccc(F)cc1)C(=O)Cc1ccccc1. The van der Waals surface area contributed by atoms with Gasteiger partial charge in [0, 0.05) is 19.5 Å². The molecule has 0 spiro atoms.